The molecule has 1 aromatic heterocycles. The van der Waals surface area contributed by atoms with E-state index in [9.17, 15) is 0 Å². The van der Waals surface area contributed by atoms with Crippen LogP contribution in [0.1, 0.15) is 38.5 Å². The highest BCUT2D eigenvalue weighted by Crippen LogP contribution is 2.44. The first-order chi connectivity index (χ1) is 9.90. The van der Waals surface area contributed by atoms with Gasteiger partial charge < -0.3 is 10.2 Å². The molecule has 1 saturated heterocycles. The summed E-state index contributed by atoms with van der Waals surface area (Å²) in [6.45, 7) is 2.17. The van der Waals surface area contributed by atoms with E-state index in [0.29, 0.717) is 6.04 Å². The maximum Gasteiger partial charge on any atom is 0.225 e. The molecule has 0 radical (unpaired) electrons. The van der Waals surface area contributed by atoms with Crippen molar-refractivity contribution in [2.75, 3.05) is 18.0 Å². The van der Waals surface area contributed by atoms with Crippen LogP contribution < -0.4 is 10.2 Å². The summed E-state index contributed by atoms with van der Waals surface area (Å²) >= 11 is 0. The molecule has 4 rings (SSSR count). The van der Waals surface area contributed by atoms with Crippen LogP contribution in [0.5, 0.6) is 0 Å². The molecule has 0 unspecified atom stereocenters. The van der Waals surface area contributed by atoms with Gasteiger partial charge in [0.1, 0.15) is 0 Å². The lowest BCUT2D eigenvalue weighted by Gasteiger charge is -2.34. The van der Waals surface area contributed by atoms with Crippen molar-refractivity contribution in [3.8, 4) is 0 Å². The minimum absolute atomic E-state index is 0.709. The highest BCUT2D eigenvalue weighted by atomic mass is 15.3. The molecular weight excluding hydrogens is 248 g/mol. The molecule has 2 heterocycles. The molecule has 20 heavy (non-hydrogen) atoms. The lowest BCUT2D eigenvalue weighted by Crippen LogP contribution is -2.48. The van der Waals surface area contributed by atoms with Gasteiger partial charge >= 0.3 is 0 Å². The Balaban J connectivity index is 1.30. The van der Waals surface area contributed by atoms with Gasteiger partial charge in [-0.1, -0.05) is 0 Å². The van der Waals surface area contributed by atoms with Gasteiger partial charge in [0.25, 0.3) is 0 Å². The number of nitrogens with one attached hydrogen (secondary N) is 1. The van der Waals surface area contributed by atoms with Gasteiger partial charge in [-0.05, 0) is 56.4 Å². The molecule has 2 saturated carbocycles. The van der Waals surface area contributed by atoms with Crippen molar-refractivity contribution < 1.29 is 0 Å². The standard InChI is InChI=1S/C16H24N4/c1-8-17-16(18-9-1)20-10-6-14(7-11-20)19-15(12-2-3-12)13-4-5-13/h1,8-9,12-15,19H,2-7,10-11H2. The second-order valence-corrected chi connectivity index (χ2v) is 6.68. The fourth-order valence-electron chi connectivity index (χ4n) is 3.54. The minimum Gasteiger partial charge on any atom is -0.341 e. The van der Waals surface area contributed by atoms with Crippen molar-refractivity contribution in [3.05, 3.63) is 18.5 Å². The molecule has 1 aliphatic heterocycles. The zero-order chi connectivity index (χ0) is 13.4. The lowest BCUT2D eigenvalue weighted by atomic mass is 10.0. The molecule has 4 nitrogen and oxygen atoms in total. The molecule has 0 amide bonds. The average Bonchev–Trinajstić information content (AvgIpc) is 3.40. The predicted molar refractivity (Wildman–Crippen MR) is 79.6 cm³/mol. The van der Waals surface area contributed by atoms with Crippen LogP contribution in [0.25, 0.3) is 0 Å². The van der Waals surface area contributed by atoms with Gasteiger partial charge in [-0.2, -0.15) is 0 Å². The Bertz CT molecular complexity index is 421. The van der Waals surface area contributed by atoms with Crippen molar-refractivity contribution >= 4 is 5.95 Å². The van der Waals surface area contributed by atoms with Crippen molar-refractivity contribution in [3.63, 3.8) is 0 Å². The number of nitrogens with zero attached hydrogens (tertiary/aromatic N) is 3. The van der Waals surface area contributed by atoms with Gasteiger partial charge in [-0.25, -0.2) is 9.97 Å². The third-order valence-electron chi connectivity index (χ3n) is 5.02. The Labute approximate surface area is 121 Å². The summed E-state index contributed by atoms with van der Waals surface area (Å²) in [5.74, 6) is 2.89. The quantitative estimate of drug-likeness (QED) is 0.892. The molecular formula is C16H24N4. The Morgan fingerprint density at radius 2 is 1.55 bits per heavy atom. The first-order valence-corrected chi connectivity index (χ1v) is 8.18. The van der Waals surface area contributed by atoms with E-state index in [1.54, 1.807) is 0 Å². The molecule has 0 aromatic carbocycles. The van der Waals surface area contributed by atoms with Crippen molar-refractivity contribution in [1.29, 1.82) is 0 Å². The zero-order valence-corrected chi connectivity index (χ0v) is 12.0. The third-order valence-corrected chi connectivity index (χ3v) is 5.02. The van der Waals surface area contributed by atoms with Gasteiger partial charge in [0.2, 0.25) is 5.95 Å². The van der Waals surface area contributed by atoms with Crippen molar-refractivity contribution in [2.45, 2.75) is 50.6 Å². The summed E-state index contributed by atoms with van der Waals surface area (Å²) in [6, 6.07) is 3.42. The van der Waals surface area contributed by atoms with Crippen LogP contribution in [0.2, 0.25) is 0 Å². The predicted octanol–water partition coefficient (Wildman–Crippen LogP) is 2.22. The average molecular weight is 272 g/mol. The maximum atomic E-state index is 4.36. The molecule has 0 bridgehead atoms. The molecule has 1 N–H and O–H groups in total. The first kappa shape index (κ1) is 12.6. The molecule has 1 aromatic rings. The van der Waals surface area contributed by atoms with E-state index in [-0.39, 0.29) is 0 Å². The van der Waals surface area contributed by atoms with Gasteiger partial charge in [0.05, 0.1) is 0 Å². The van der Waals surface area contributed by atoms with E-state index in [1.807, 2.05) is 18.5 Å². The van der Waals surface area contributed by atoms with Gasteiger partial charge in [-0.3, -0.25) is 0 Å². The van der Waals surface area contributed by atoms with Crippen LogP contribution in [-0.2, 0) is 0 Å². The van der Waals surface area contributed by atoms with E-state index in [2.05, 4.69) is 20.2 Å². The Kier molecular flexibility index (Phi) is 3.34. The number of hydrogen-bond acceptors (Lipinski definition) is 4. The number of aromatic nitrogens is 2. The highest BCUT2D eigenvalue weighted by molar-refractivity contribution is 5.29. The third kappa shape index (κ3) is 2.80. The van der Waals surface area contributed by atoms with Crippen LogP contribution in [-0.4, -0.2) is 35.1 Å². The van der Waals surface area contributed by atoms with E-state index >= 15 is 0 Å². The summed E-state index contributed by atoms with van der Waals surface area (Å²) in [7, 11) is 0. The van der Waals surface area contributed by atoms with Gasteiger partial charge in [0, 0.05) is 37.6 Å². The molecule has 0 spiro atoms. The van der Waals surface area contributed by atoms with Crippen LogP contribution in [0, 0.1) is 11.8 Å². The number of rotatable bonds is 5. The molecule has 2 aliphatic carbocycles. The molecule has 4 heteroatoms. The molecule has 3 aliphatic rings. The first-order valence-electron chi connectivity index (χ1n) is 8.18. The van der Waals surface area contributed by atoms with Crippen LogP contribution in [0.4, 0.5) is 5.95 Å². The minimum atomic E-state index is 0.709. The molecule has 0 atom stereocenters. The lowest BCUT2D eigenvalue weighted by molar-refractivity contribution is 0.321. The maximum absolute atomic E-state index is 4.36. The topological polar surface area (TPSA) is 41.1 Å². The summed E-state index contributed by atoms with van der Waals surface area (Å²) < 4.78 is 0. The fraction of sp³-hybridized carbons (Fsp3) is 0.750. The van der Waals surface area contributed by atoms with Crippen LogP contribution in [0.3, 0.4) is 0 Å². The highest BCUT2D eigenvalue weighted by Gasteiger charge is 2.42. The van der Waals surface area contributed by atoms with Gasteiger partial charge in [0.15, 0.2) is 0 Å². The summed E-state index contributed by atoms with van der Waals surface area (Å²) in [4.78, 5) is 11.0. The van der Waals surface area contributed by atoms with E-state index < -0.39 is 0 Å². The Hall–Kier alpha value is -1.16. The van der Waals surface area contributed by atoms with Crippen molar-refractivity contribution in [1.82, 2.24) is 15.3 Å². The fourth-order valence-corrected chi connectivity index (χ4v) is 3.54. The molecule has 3 fully saturated rings. The number of piperidine rings is 1. The Morgan fingerprint density at radius 1 is 0.950 bits per heavy atom. The number of anilines is 1. The van der Waals surface area contributed by atoms with Crippen molar-refractivity contribution in [2.24, 2.45) is 11.8 Å². The summed E-state index contributed by atoms with van der Waals surface area (Å²) in [5.41, 5.74) is 0. The SMILES string of the molecule is c1cnc(N2CCC(NC(C3CC3)C3CC3)CC2)nc1. The second kappa shape index (κ2) is 5.32. The van der Waals surface area contributed by atoms with Gasteiger partial charge in [-0.15, -0.1) is 0 Å². The smallest absolute Gasteiger partial charge is 0.225 e. The zero-order valence-electron chi connectivity index (χ0n) is 12.0. The summed E-state index contributed by atoms with van der Waals surface area (Å²) in [6.07, 6.45) is 12.0. The number of hydrogen-bond donors (Lipinski definition) is 1. The van der Waals surface area contributed by atoms with Crippen LogP contribution >= 0.6 is 0 Å². The molecule has 108 valence electrons. The summed E-state index contributed by atoms with van der Waals surface area (Å²) in [5, 5.41) is 3.98. The monoisotopic (exact) mass is 272 g/mol. The van der Waals surface area contributed by atoms with E-state index in [4.69, 9.17) is 0 Å². The normalized spacial score (nSPS) is 24.4. The second-order valence-electron chi connectivity index (χ2n) is 6.68. The van der Waals surface area contributed by atoms with E-state index in [0.717, 1.165) is 36.9 Å². The van der Waals surface area contributed by atoms with E-state index in [1.165, 1.54) is 38.5 Å². The van der Waals surface area contributed by atoms with Crippen LogP contribution in [0.15, 0.2) is 18.5 Å². The largest absolute Gasteiger partial charge is 0.341 e. The Morgan fingerprint density at radius 3 is 2.10 bits per heavy atom.